The number of carbonyl (C=O) groups is 1. The monoisotopic (exact) mass is 373 g/mol. The number of hydrogen-bond donors (Lipinski definition) is 0. The van der Waals surface area contributed by atoms with Crippen LogP contribution < -0.4 is 0 Å². The van der Waals surface area contributed by atoms with E-state index in [9.17, 15) is 4.79 Å². The summed E-state index contributed by atoms with van der Waals surface area (Å²) in [6.45, 7) is 6.84. The van der Waals surface area contributed by atoms with E-state index in [2.05, 4.69) is 68.1 Å². The lowest BCUT2D eigenvalue weighted by molar-refractivity contribution is -0.197. The molecule has 4 aliphatic carbocycles. The highest BCUT2D eigenvalue weighted by molar-refractivity contribution is 5.94. The van der Waals surface area contributed by atoms with Crippen LogP contribution in [0.15, 0.2) is 42.5 Å². The van der Waals surface area contributed by atoms with Gasteiger partial charge in [-0.1, -0.05) is 49.4 Å². The van der Waals surface area contributed by atoms with Crippen molar-refractivity contribution < 1.29 is 4.79 Å². The molecule has 0 aromatic heterocycles. The summed E-state index contributed by atoms with van der Waals surface area (Å²) in [6.07, 6.45) is 6.79. The van der Waals surface area contributed by atoms with Crippen LogP contribution in [0.25, 0.3) is 10.8 Å². The summed E-state index contributed by atoms with van der Waals surface area (Å²) in [6, 6.07) is 16.0. The van der Waals surface area contributed by atoms with Crippen LogP contribution in [0, 0.1) is 28.6 Å². The van der Waals surface area contributed by atoms with E-state index in [0.29, 0.717) is 29.2 Å². The van der Waals surface area contributed by atoms with Crippen LogP contribution in [0.1, 0.15) is 64.5 Å². The SMILES string of the molecule is CC12CC3CC(C1)C(N1C(=O)C(C)(C)C1c1cccc4ccccc14)C(C3)C2. The first kappa shape index (κ1) is 17.1. The third-order valence-corrected chi connectivity index (χ3v) is 8.72. The van der Waals surface area contributed by atoms with Crippen LogP contribution in [0.4, 0.5) is 0 Å². The summed E-state index contributed by atoms with van der Waals surface area (Å²) < 4.78 is 0. The van der Waals surface area contributed by atoms with Gasteiger partial charge in [0.05, 0.1) is 11.5 Å². The number of hydrogen-bond acceptors (Lipinski definition) is 1. The highest BCUT2D eigenvalue weighted by Crippen LogP contribution is 2.64. The molecule has 146 valence electrons. The first-order chi connectivity index (χ1) is 13.4. The minimum absolute atomic E-state index is 0.210. The van der Waals surface area contributed by atoms with Gasteiger partial charge in [-0.3, -0.25) is 4.79 Å². The molecule has 2 nitrogen and oxygen atoms in total. The lowest BCUT2D eigenvalue weighted by Crippen LogP contribution is -2.70. The van der Waals surface area contributed by atoms with Gasteiger partial charge in [0.1, 0.15) is 0 Å². The van der Waals surface area contributed by atoms with E-state index in [-0.39, 0.29) is 11.5 Å². The van der Waals surface area contributed by atoms with E-state index >= 15 is 0 Å². The van der Waals surface area contributed by atoms with Gasteiger partial charge in [0.2, 0.25) is 5.91 Å². The zero-order chi connectivity index (χ0) is 19.3. The number of benzene rings is 2. The van der Waals surface area contributed by atoms with E-state index in [1.54, 1.807) is 0 Å². The summed E-state index contributed by atoms with van der Waals surface area (Å²) in [5, 5.41) is 2.60. The van der Waals surface area contributed by atoms with Gasteiger partial charge in [-0.2, -0.15) is 0 Å². The number of fused-ring (bicyclic) bond motifs is 1. The van der Waals surface area contributed by atoms with Gasteiger partial charge < -0.3 is 4.90 Å². The molecule has 2 heteroatoms. The van der Waals surface area contributed by atoms with Crippen molar-refractivity contribution in [3.63, 3.8) is 0 Å². The molecule has 4 saturated carbocycles. The summed E-state index contributed by atoms with van der Waals surface area (Å²) in [7, 11) is 0. The van der Waals surface area contributed by atoms with Gasteiger partial charge in [0, 0.05) is 6.04 Å². The largest absolute Gasteiger partial charge is 0.330 e. The number of β-lactam (4-membered cyclic amide) rings is 1. The molecular formula is C26H31NO. The highest BCUT2D eigenvalue weighted by atomic mass is 16.2. The van der Waals surface area contributed by atoms with Crippen LogP contribution in [-0.4, -0.2) is 16.8 Å². The van der Waals surface area contributed by atoms with E-state index < -0.39 is 0 Å². The average Bonchev–Trinajstić information content (AvgIpc) is 2.65. The molecule has 2 aromatic rings. The minimum Gasteiger partial charge on any atom is -0.330 e. The molecule has 4 bridgehead atoms. The zero-order valence-electron chi connectivity index (χ0n) is 17.3. The maximum Gasteiger partial charge on any atom is 0.231 e. The second kappa shape index (κ2) is 5.40. The Hall–Kier alpha value is -1.83. The van der Waals surface area contributed by atoms with Gasteiger partial charge in [-0.25, -0.2) is 0 Å². The van der Waals surface area contributed by atoms with Crippen LogP contribution in [-0.2, 0) is 4.79 Å². The van der Waals surface area contributed by atoms with Crippen molar-refractivity contribution in [1.82, 2.24) is 4.90 Å². The van der Waals surface area contributed by atoms with E-state index in [0.717, 1.165) is 5.92 Å². The summed E-state index contributed by atoms with van der Waals surface area (Å²) in [5.41, 5.74) is 1.59. The van der Waals surface area contributed by atoms with Crippen molar-refractivity contribution in [1.29, 1.82) is 0 Å². The number of nitrogens with zero attached hydrogens (tertiary/aromatic N) is 1. The van der Waals surface area contributed by atoms with Gasteiger partial charge in [-0.05, 0) is 85.5 Å². The average molecular weight is 374 g/mol. The standard InChI is InChI=1S/C26H31NO/c1-25(2)23(21-10-6-8-17-7-4-5-9-20(17)21)27(24(25)28)22-18-11-16-12-19(22)15-26(3,13-16)14-18/h4-10,16,18-19,22-23H,11-15H2,1-3H3. The second-order valence-corrected chi connectivity index (χ2v) is 11.2. The Balaban J connectivity index is 1.44. The summed E-state index contributed by atoms with van der Waals surface area (Å²) in [5.74, 6) is 2.73. The van der Waals surface area contributed by atoms with Crippen molar-refractivity contribution in [2.75, 3.05) is 0 Å². The number of likely N-dealkylation sites (tertiary alicyclic amines) is 1. The molecular weight excluding hydrogens is 342 g/mol. The van der Waals surface area contributed by atoms with E-state index in [1.807, 2.05) is 0 Å². The van der Waals surface area contributed by atoms with Gasteiger partial charge in [0.25, 0.3) is 0 Å². The maximum absolute atomic E-state index is 13.4. The van der Waals surface area contributed by atoms with Gasteiger partial charge in [-0.15, -0.1) is 0 Å². The van der Waals surface area contributed by atoms with Crippen LogP contribution in [0.3, 0.4) is 0 Å². The lowest BCUT2D eigenvalue weighted by atomic mass is 9.47. The third kappa shape index (κ3) is 2.12. The fourth-order valence-corrected chi connectivity index (χ4v) is 8.04. The van der Waals surface area contributed by atoms with Crippen molar-refractivity contribution >= 4 is 16.7 Å². The Bertz CT molecular complexity index is 954. The first-order valence-electron chi connectivity index (χ1n) is 11.2. The highest BCUT2D eigenvalue weighted by Gasteiger charge is 2.63. The fourth-order valence-electron chi connectivity index (χ4n) is 8.04. The van der Waals surface area contributed by atoms with Gasteiger partial charge in [0.15, 0.2) is 0 Å². The molecule has 5 fully saturated rings. The molecule has 1 aliphatic heterocycles. The number of amides is 1. The topological polar surface area (TPSA) is 20.3 Å². The molecule has 1 heterocycles. The Labute approximate surface area is 168 Å². The summed E-state index contributed by atoms with van der Waals surface area (Å²) >= 11 is 0. The first-order valence-corrected chi connectivity index (χ1v) is 11.2. The third-order valence-electron chi connectivity index (χ3n) is 8.72. The Morgan fingerprint density at radius 3 is 2.29 bits per heavy atom. The van der Waals surface area contributed by atoms with Crippen LogP contribution in [0.5, 0.6) is 0 Å². The lowest BCUT2D eigenvalue weighted by Gasteiger charge is -2.66. The molecule has 28 heavy (non-hydrogen) atoms. The molecule has 3 atom stereocenters. The Morgan fingerprint density at radius 1 is 0.893 bits per heavy atom. The molecule has 1 amide bonds. The predicted molar refractivity (Wildman–Crippen MR) is 113 cm³/mol. The molecule has 2 aromatic carbocycles. The van der Waals surface area contributed by atoms with Crippen molar-refractivity contribution in [2.45, 2.75) is 65.0 Å². The molecule has 7 rings (SSSR count). The molecule has 0 N–H and O–H groups in total. The quantitative estimate of drug-likeness (QED) is 0.594. The predicted octanol–water partition coefficient (Wildman–Crippen LogP) is 5.96. The number of rotatable bonds is 2. The van der Waals surface area contributed by atoms with Crippen LogP contribution in [0.2, 0.25) is 0 Å². The molecule has 5 aliphatic rings. The van der Waals surface area contributed by atoms with Gasteiger partial charge >= 0.3 is 0 Å². The van der Waals surface area contributed by atoms with Crippen LogP contribution >= 0.6 is 0 Å². The van der Waals surface area contributed by atoms with E-state index in [1.165, 1.54) is 48.4 Å². The molecule has 3 unspecified atom stereocenters. The van der Waals surface area contributed by atoms with Crippen molar-refractivity contribution in [2.24, 2.45) is 28.6 Å². The Kier molecular flexibility index (Phi) is 3.29. The van der Waals surface area contributed by atoms with Crippen molar-refractivity contribution in [3.8, 4) is 0 Å². The zero-order valence-corrected chi connectivity index (χ0v) is 17.3. The van der Waals surface area contributed by atoms with Crippen molar-refractivity contribution in [3.05, 3.63) is 48.0 Å². The maximum atomic E-state index is 13.4. The fraction of sp³-hybridized carbons (Fsp3) is 0.577. The second-order valence-electron chi connectivity index (χ2n) is 11.2. The Morgan fingerprint density at radius 2 is 1.57 bits per heavy atom. The smallest absolute Gasteiger partial charge is 0.231 e. The molecule has 1 saturated heterocycles. The molecule has 0 radical (unpaired) electrons. The normalized spacial score (nSPS) is 40.8. The number of carbonyl (C=O) groups excluding carboxylic acids is 1. The minimum atomic E-state index is -0.303. The molecule has 0 spiro atoms. The summed E-state index contributed by atoms with van der Waals surface area (Å²) in [4.78, 5) is 15.8. The van der Waals surface area contributed by atoms with E-state index in [4.69, 9.17) is 0 Å².